The Bertz CT molecular complexity index is 15.5. The van der Waals surface area contributed by atoms with Gasteiger partial charge in [0.05, 0.1) is 0 Å². The summed E-state index contributed by atoms with van der Waals surface area (Å²) < 4.78 is 0. The molecule has 0 bridgehead atoms. The molecule has 0 spiro atoms. The Morgan fingerprint density at radius 3 is 1.20 bits per heavy atom. The molecule has 0 aromatic carbocycles. The van der Waals surface area contributed by atoms with Crippen molar-refractivity contribution in [2.24, 2.45) is 0 Å². The average Bonchev–Trinajstić information content (AvgIpc) is 0.811. The average molecular weight is 110 g/mol. The van der Waals surface area contributed by atoms with Crippen LogP contribution in [-0.2, 0) is 0 Å². The Morgan fingerprint density at radius 1 is 1.20 bits per heavy atom. The van der Waals surface area contributed by atoms with E-state index in [1.807, 2.05) is 0 Å². The van der Waals surface area contributed by atoms with Gasteiger partial charge in [0.15, 0.2) is 0 Å². The maximum atomic E-state index is 7.23. The predicted molar refractivity (Wildman–Crippen MR) is 20.4 cm³/mol. The molecule has 0 atom stereocenters. The van der Waals surface area contributed by atoms with Crippen LogP contribution in [0.15, 0.2) is 0 Å². The van der Waals surface area contributed by atoms with Crippen molar-refractivity contribution in [3.05, 3.63) is 0 Å². The van der Waals surface area contributed by atoms with Gasteiger partial charge in [0.1, 0.15) is 0 Å². The minimum Gasteiger partial charge on any atom is -0.328 e. The smallest absolute Gasteiger partial charge is 0.328 e. The van der Waals surface area contributed by atoms with Crippen molar-refractivity contribution in [3.8, 4) is 0 Å². The van der Waals surface area contributed by atoms with Gasteiger partial charge in [0, 0.05) is 0 Å². The Hall–Kier alpha value is 0.842. The summed E-state index contributed by atoms with van der Waals surface area (Å²) >= 11 is 0. The minimum absolute atomic E-state index is 0. The van der Waals surface area contributed by atoms with Gasteiger partial charge in [-0.15, -0.1) is 0 Å². The van der Waals surface area contributed by atoms with Crippen molar-refractivity contribution in [1.29, 1.82) is 0 Å². The van der Waals surface area contributed by atoms with E-state index in [1.165, 1.54) is 0 Å². The molecule has 0 aromatic heterocycles. The first kappa shape index (κ1) is 9.28. The van der Waals surface area contributed by atoms with E-state index >= 15 is 0 Å². The van der Waals surface area contributed by atoms with Gasteiger partial charge in [-0.25, -0.2) is 0 Å². The zero-order chi connectivity index (χ0) is 3.58. The molecule has 0 radical (unpaired) electrons. The molecule has 0 aromatic rings. The van der Waals surface area contributed by atoms with Gasteiger partial charge in [0.2, 0.25) is 0 Å². The molecule has 0 heterocycles. The fourth-order valence-electron chi connectivity index (χ4n) is 0. The van der Waals surface area contributed by atoms with E-state index in [0.29, 0.717) is 0 Å². The molecular weight excluding hydrogens is 106 g/mol. The van der Waals surface area contributed by atoms with Crippen molar-refractivity contribution < 1.29 is 16.1 Å². The van der Waals surface area contributed by atoms with E-state index in [0.717, 1.165) is 0 Å². The van der Waals surface area contributed by atoms with Gasteiger partial charge >= 0.3 is 27.4 Å². The summed E-state index contributed by atoms with van der Waals surface area (Å²) in [7, 11) is -2.62. The van der Waals surface area contributed by atoms with Gasteiger partial charge in [-0.2, -0.15) is 0 Å². The summed E-state index contributed by atoms with van der Waals surface area (Å²) in [6.45, 7) is 0. The first-order chi connectivity index (χ1) is 1.73. The second-order valence-electron chi connectivity index (χ2n) is 0.268. The minimum atomic E-state index is -2.62. The Balaban J connectivity index is -0.0000000450. The van der Waals surface area contributed by atoms with Gasteiger partial charge in [0.25, 0.3) is 0 Å². The third-order valence-corrected chi connectivity index (χ3v) is 0. The number of hydrogen-bond donors (Lipinski definition) is 3. The molecular formula is H4AlO3P+4. The molecule has 0 aliphatic carbocycles. The van der Waals surface area contributed by atoms with E-state index < -0.39 is 8.60 Å². The van der Waals surface area contributed by atoms with E-state index in [9.17, 15) is 0 Å². The van der Waals surface area contributed by atoms with Crippen molar-refractivity contribution in [2.45, 2.75) is 0 Å². The quantitative estimate of drug-likeness (QED) is 0.274. The van der Waals surface area contributed by atoms with E-state index in [1.54, 1.807) is 0 Å². The number of rotatable bonds is 0. The molecule has 0 unspecified atom stereocenters. The van der Waals surface area contributed by atoms with E-state index in [4.69, 9.17) is 14.7 Å². The van der Waals surface area contributed by atoms with Crippen molar-refractivity contribution in [3.63, 3.8) is 0 Å². The number of hydrogen-bond acceptors (Lipinski definition) is 3. The topological polar surface area (TPSA) is 60.7 Å². The molecule has 0 aliphatic heterocycles. The van der Waals surface area contributed by atoms with Gasteiger partial charge in [-0.05, 0) is 0 Å². The molecule has 5 heteroatoms. The predicted octanol–water partition coefficient (Wildman–Crippen LogP) is -1.08. The summed E-state index contributed by atoms with van der Waals surface area (Å²) in [4.78, 5) is 21.7. The Morgan fingerprint density at radius 2 is 1.20 bits per heavy atom. The van der Waals surface area contributed by atoms with Crippen LogP contribution >= 0.6 is 8.60 Å². The molecule has 5 heavy (non-hydrogen) atoms. The Kier molecular flexibility index (Phi) is 8.99. The summed E-state index contributed by atoms with van der Waals surface area (Å²) in [6.07, 6.45) is 0. The molecule has 3 nitrogen and oxygen atoms in total. The SMILES string of the molecule is OP(O)O.[Al+3].[H+]. The van der Waals surface area contributed by atoms with Crippen molar-refractivity contribution in [1.82, 2.24) is 0 Å². The van der Waals surface area contributed by atoms with Crippen LogP contribution in [0.3, 0.4) is 0 Å². The molecule has 0 saturated carbocycles. The molecule has 0 rings (SSSR count). The summed E-state index contributed by atoms with van der Waals surface area (Å²) in [5.41, 5.74) is 0. The largest absolute Gasteiger partial charge is 3.00 e. The van der Waals surface area contributed by atoms with Crippen LogP contribution in [0.1, 0.15) is 1.43 Å². The third-order valence-electron chi connectivity index (χ3n) is 0. The molecule has 3 N–H and O–H groups in total. The van der Waals surface area contributed by atoms with E-state index in [2.05, 4.69) is 0 Å². The van der Waals surface area contributed by atoms with Crippen LogP contribution in [0, 0.1) is 0 Å². The normalized spacial score (nSPS) is 7.20. The standard InChI is InChI=1S/Al.H3O3P/c;1-4(2)3/h;1-3H/q+3;/p+1. The molecule has 0 saturated heterocycles. The van der Waals surface area contributed by atoms with Crippen LogP contribution < -0.4 is 0 Å². The van der Waals surface area contributed by atoms with Gasteiger partial charge in [-0.1, -0.05) is 0 Å². The summed E-state index contributed by atoms with van der Waals surface area (Å²) in [6, 6.07) is 0. The first-order valence-corrected chi connectivity index (χ1v) is 1.80. The van der Waals surface area contributed by atoms with Crippen LogP contribution in [0.5, 0.6) is 0 Å². The fourth-order valence-corrected chi connectivity index (χ4v) is 0. The second-order valence-corrected chi connectivity index (χ2v) is 0.805. The molecule has 0 amide bonds. The van der Waals surface area contributed by atoms with Crippen LogP contribution in [0.25, 0.3) is 0 Å². The maximum Gasteiger partial charge on any atom is 3.00 e. The van der Waals surface area contributed by atoms with Gasteiger partial charge in [-0.3, -0.25) is 0 Å². The Labute approximate surface area is 42.9 Å². The third kappa shape index (κ3) is 55.1. The molecule has 26 valence electrons. The molecule has 0 fully saturated rings. The zero-order valence-corrected chi connectivity index (χ0v) is 4.42. The zero-order valence-electron chi connectivity index (χ0n) is 3.37. The maximum absolute atomic E-state index is 7.23. The fraction of sp³-hybridized carbons (Fsp3) is 0. The van der Waals surface area contributed by atoms with Crippen LogP contribution in [0.4, 0.5) is 0 Å². The van der Waals surface area contributed by atoms with Crippen LogP contribution in [-0.4, -0.2) is 32.0 Å². The summed E-state index contributed by atoms with van der Waals surface area (Å²) in [5, 5.41) is 0. The monoisotopic (exact) mass is 110 g/mol. The van der Waals surface area contributed by atoms with Crippen molar-refractivity contribution in [2.75, 3.05) is 0 Å². The van der Waals surface area contributed by atoms with Crippen molar-refractivity contribution >= 4 is 26.0 Å². The molecule has 0 aliphatic rings. The van der Waals surface area contributed by atoms with E-state index in [-0.39, 0.29) is 18.8 Å². The van der Waals surface area contributed by atoms with Crippen LogP contribution in [0.2, 0.25) is 0 Å². The van der Waals surface area contributed by atoms with Gasteiger partial charge < -0.3 is 14.7 Å². The first-order valence-electron chi connectivity index (χ1n) is 0.600. The second kappa shape index (κ2) is 4.84. The summed E-state index contributed by atoms with van der Waals surface area (Å²) in [5.74, 6) is 0.